The van der Waals surface area contributed by atoms with E-state index in [4.69, 9.17) is 4.74 Å². The van der Waals surface area contributed by atoms with Crippen molar-refractivity contribution in [3.63, 3.8) is 0 Å². The number of rotatable bonds is 6. The third-order valence-electron chi connectivity index (χ3n) is 5.06. The minimum absolute atomic E-state index is 0.0158. The quantitative estimate of drug-likeness (QED) is 0.723. The summed E-state index contributed by atoms with van der Waals surface area (Å²) in [6.07, 6.45) is 3.68. The van der Waals surface area contributed by atoms with Crippen molar-refractivity contribution in [2.24, 2.45) is 0 Å². The molecule has 0 aliphatic heterocycles. The second-order valence-corrected chi connectivity index (χ2v) is 8.86. The van der Waals surface area contributed by atoms with Crippen LogP contribution in [-0.4, -0.2) is 33.6 Å². The predicted molar refractivity (Wildman–Crippen MR) is 109 cm³/mol. The van der Waals surface area contributed by atoms with E-state index in [0.29, 0.717) is 5.56 Å². The van der Waals surface area contributed by atoms with Crippen LogP contribution >= 0.6 is 0 Å². The van der Waals surface area contributed by atoms with Crippen LogP contribution in [-0.2, 0) is 14.8 Å². The highest BCUT2D eigenvalue weighted by molar-refractivity contribution is 7.89. The summed E-state index contributed by atoms with van der Waals surface area (Å²) in [5.41, 5.74) is 2.35. The molecular formula is C21H26N2O4S. The molecule has 0 spiro atoms. The number of ether oxygens (including phenoxy) is 1. The normalized spacial score (nSPS) is 19.8. The van der Waals surface area contributed by atoms with Crippen molar-refractivity contribution in [1.82, 2.24) is 4.72 Å². The highest BCUT2D eigenvalue weighted by Gasteiger charge is 2.29. The van der Waals surface area contributed by atoms with E-state index in [1.165, 1.54) is 7.11 Å². The van der Waals surface area contributed by atoms with Crippen molar-refractivity contribution in [3.05, 3.63) is 59.7 Å². The van der Waals surface area contributed by atoms with E-state index in [1.807, 2.05) is 19.1 Å². The summed E-state index contributed by atoms with van der Waals surface area (Å²) in [6.45, 7) is 1.93. The minimum atomic E-state index is -3.57. The molecule has 0 bridgehead atoms. The van der Waals surface area contributed by atoms with Gasteiger partial charge in [0.2, 0.25) is 10.0 Å². The Balaban J connectivity index is 1.71. The maximum absolute atomic E-state index is 12.8. The lowest BCUT2D eigenvalue weighted by atomic mass is 9.91. The van der Waals surface area contributed by atoms with Crippen molar-refractivity contribution in [2.45, 2.75) is 49.6 Å². The number of nitrogens with one attached hydrogen (secondary N) is 2. The van der Waals surface area contributed by atoms with Crippen LogP contribution in [0.3, 0.4) is 0 Å². The number of benzene rings is 2. The first-order valence-electron chi connectivity index (χ1n) is 9.43. The molecule has 3 rings (SSSR count). The highest BCUT2D eigenvalue weighted by atomic mass is 32.2. The maximum Gasteiger partial charge on any atom is 0.337 e. The zero-order chi connectivity index (χ0) is 20.1. The lowest BCUT2D eigenvalue weighted by Gasteiger charge is -2.33. The molecule has 1 aliphatic rings. The molecular weight excluding hydrogens is 376 g/mol. The monoisotopic (exact) mass is 402 g/mol. The van der Waals surface area contributed by atoms with Gasteiger partial charge in [-0.2, -0.15) is 0 Å². The van der Waals surface area contributed by atoms with Crippen molar-refractivity contribution >= 4 is 21.7 Å². The Kier molecular flexibility index (Phi) is 6.36. The molecule has 2 aromatic carbocycles. The van der Waals surface area contributed by atoms with Gasteiger partial charge in [-0.05, 0) is 56.2 Å². The number of hydrogen-bond acceptors (Lipinski definition) is 5. The number of carbonyl (C=O) groups excluding carboxylic acids is 1. The minimum Gasteiger partial charge on any atom is -0.465 e. The largest absolute Gasteiger partial charge is 0.465 e. The lowest BCUT2D eigenvalue weighted by Crippen LogP contribution is -2.48. The van der Waals surface area contributed by atoms with Crippen LogP contribution in [0.25, 0.3) is 0 Å². The fourth-order valence-electron chi connectivity index (χ4n) is 3.46. The fraction of sp³-hybridized carbons (Fsp3) is 0.381. The van der Waals surface area contributed by atoms with Gasteiger partial charge < -0.3 is 10.1 Å². The molecule has 0 aromatic heterocycles. The maximum atomic E-state index is 12.8. The third kappa shape index (κ3) is 4.91. The Hall–Kier alpha value is -2.38. The molecule has 1 saturated carbocycles. The Labute approximate surface area is 166 Å². The van der Waals surface area contributed by atoms with Gasteiger partial charge in [0.25, 0.3) is 0 Å². The van der Waals surface area contributed by atoms with Gasteiger partial charge in [0.15, 0.2) is 0 Å². The number of sulfonamides is 1. The summed E-state index contributed by atoms with van der Waals surface area (Å²) in [7, 11) is -2.23. The fourth-order valence-corrected chi connectivity index (χ4v) is 4.78. The summed E-state index contributed by atoms with van der Waals surface area (Å²) in [4.78, 5) is 11.8. The molecule has 150 valence electrons. The van der Waals surface area contributed by atoms with Crippen LogP contribution in [0.4, 0.5) is 5.69 Å². The Morgan fingerprint density at radius 3 is 2.18 bits per heavy atom. The van der Waals surface area contributed by atoms with E-state index >= 15 is 0 Å². The van der Waals surface area contributed by atoms with E-state index in [0.717, 1.165) is 36.9 Å². The average Bonchev–Trinajstić information content (AvgIpc) is 2.69. The molecule has 7 heteroatoms. The summed E-state index contributed by atoms with van der Waals surface area (Å²) in [5, 5.41) is 3.42. The van der Waals surface area contributed by atoms with Crippen molar-refractivity contribution in [2.75, 3.05) is 12.4 Å². The number of anilines is 1. The molecule has 0 saturated heterocycles. The Morgan fingerprint density at radius 2 is 1.57 bits per heavy atom. The number of carbonyl (C=O) groups is 1. The standard InChI is InChI=1S/C21H26N2O4S/c1-15-7-13-18(14-8-15)28(25,26)23-20-6-4-3-5-19(20)22-17-11-9-16(10-12-17)21(24)27-2/h7-14,19-20,22-23H,3-6H2,1-2H3/t19-,20-/m1/s1. The number of aryl methyl sites for hydroxylation is 1. The third-order valence-corrected chi connectivity index (χ3v) is 6.57. The molecule has 2 atom stereocenters. The zero-order valence-electron chi connectivity index (χ0n) is 16.1. The van der Waals surface area contributed by atoms with Crippen LogP contribution in [0.5, 0.6) is 0 Å². The summed E-state index contributed by atoms with van der Waals surface area (Å²) >= 11 is 0. The van der Waals surface area contributed by atoms with E-state index in [2.05, 4.69) is 10.0 Å². The van der Waals surface area contributed by atoms with Crippen LogP contribution in [0.15, 0.2) is 53.4 Å². The van der Waals surface area contributed by atoms with Gasteiger partial charge in [0, 0.05) is 17.8 Å². The number of esters is 1. The van der Waals surface area contributed by atoms with Gasteiger partial charge in [-0.15, -0.1) is 0 Å². The molecule has 28 heavy (non-hydrogen) atoms. The topological polar surface area (TPSA) is 84.5 Å². The predicted octanol–water partition coefficient (Wildman–Crippen LogP) is 3.48. The van der Waals surface area contributed by atoms with Gasteiger partial charge in [-0.1, -0.05) is 30.5 Å². The summed E-state index contributed by atoms with van der Waals surface area (Å²) < 4.78 is 33.1. The molecule has 0 unspecified atom stereocenters. The smallest absolute Gasteiger partial charge is 0.337 e. The number of hydrogen-bond donors (Lipinski definition) is 2. The van der Waals surface area contributed by atoms with Gasteiger partial charge in [-0.3, -0.25) is 0 Å². The van der Waals surface area contributed by atoms with Gasteiger partial charge in [0.05, 0.1) is 17.6 Å². The highest BCUT2D eigenvalue weighted by Crippen LogP contribution is 2.24. The molecule has 6 nitrogen and oxygen atoms in total. The number of methoxy groups -OCH3 is 1. The summed E-state index contributed by atoms with van der Waals surface area (Å²) in [6, 6.07) is 13.7. The molecule has 2 aromatic rings. The molecule has 1 aliphatic carbocycles. The first-order valence-corrected chi connectivity index (χ1v) is 10.9. The second kappa shape index (κ2) is 8.75. The van der Waals surface area contributed by atoms with Crippen molar-refractivity contribution in [3.8, 4) is 0 Å². The first-order chi connectivity index (χ1) is 13.4. The van der Waals surface area contributed by atoms with E-state index in [9.17, 15) is 13.2 Å². The second-order valence-electron chi connectivity index (χ2n) is 7.15. The van der Waals surface area contributed by atoms with E-state index < -0.39 is 10.0 Å². The van der Waals surface area contributed by atoms with Gasteiger partial charge in [-0.25, -0.2) is 17.9 Å². The van der Waals surface area contributed by atoms with Crippen LogP contribution in [0.1, 0.15) is 41.6 Å². The first kappa shape index (κ1) is 20.4. The molecule has 2 N–H and O–H groups in total. The Bertz CT molecular complexity index is 908. The molecule has 0 heterocycles. The van der Waals surface area contributed by atoms with E-state index in [1.54, 1.807) is 36.4 Å². The van der Waals surface area contributed by atoms with Crippen LogP contribution in [0.2, 0.25) is 0 Å². The van der Waals surface area contributed by atoms with Crippen molar-refractivity contribution in [1.29, 1.82) is 0 Å². The summed E-state index contributed by atoms with van der Waals surface area (Å²) in [5.74, 6) is -0.382. The van der Waals surface area contributed by atoms with Crippen LogP contribution in [0, 0.1) is 6.92 Å². The van der Waals surface area contributed by atoms with E-state index in [-0.39, 0.29) is 22.9 Å². The van der Waals surface area contributed by atoms with Crippen molar-refractivity contribution < 1.29 is 17.9 Å². The van der Waals surface area contributed by atoms with Crippen LogP contribution < -0.4 is 10.0 Å². The SMILES string of the molecule is COC(=O)c1ccc(N[C@@H]2CCCC[C@H]2NS(=O)(=O)c2ccc(C)cc2)cc1. The van der Waals surface area contributed by atoms with Gasteiger partial charge >= 0.3 is 5.97 Å². The zero-order valence-corrected chi connectivity index (χ0v) is 17.0. The Morgan fingerprint density at radius 1 is 0.964 bits per heavy atom. The van der Waals surface area contributed by atoms with Gasteiger partial charge in [0.1, 0.15) is 0 Å². The molecule has 1 fully saturated rings. The average molecular weight is 403 g/mol. The molecule has 0 radical (unpaired) electrons. The lowest BCUT2D eigenvalue weighted by molar-refractivity contribution is 0.0600. The molecule has 0 amide bonds.